The molecule has 1 aromatic carbocycles. The molecule has 2 aromatic rings. The van der Waals surface area contributed by atoms with Gasteiger partial charge in [0.2, 0.25) is 0 Å². The van der Waals surface area contributed by atoms with Gasteiger partial charge < -0.3 is 4.74 Å². The minimum atomic E-state index is -3.75. The second-order valence-electron chi connectivity index (χ2n) is 5.50. The van der Waals surface area contributed by atoms with Gasteiger partial charge in [-0.3, -0.25) is 9.40 Å². The van der Waals surface area contributed by atoms with Gasteiger partial charge in [-0.2, -0.15) is 5.10 Å². The number of anilines is 1. The molecule has 0 saturated carbocycles. The number of nitrogens with zero attached hydrogens (tertiary/aromatic N) is 2. The van der Waals surface area contributed by atoms with Crippen molar-refractivity contribution in [2.24, 2.45) is 0 Å². The Morgan fingerprint density at radius 2 is 2.09 bits per heavy atom. The summed E-state index contributed by atoms with van der Waals surface area (Å²) in [5.41, 5.74) is 0.366. The third-order valence-corrected chi connectivity index (χ3v) is 5.07. The van der Waals surface area contributed by atoms with Crippen LogP contribution in [0.4, 0.5) is 10.1 Å². The quantitative estimate of drug-likeness (QED) is 0.908. The Bertz CT molecular complexity index is 753. The highest BCUT2D eigenvalue weighted by Crippen LogP contribution is 2.18. The summed E-state index contributed by atoms with van der Waals surface area (Å²) < 4.78 is 47.1. The monoisotopic (exact) mass is 339 g/mol. The number of nitrogens with one attached hydrogen (secondary N) is 1. The maximum absolute atomic E-state index is 12.9. The highest BCUT2D eigenvalue weighted by molar-refractivity contribution is 7.92. The fourth-order valence-electron chi connectivity index (χ4n) is 2.50. The summed E-state index contributed by atoms with van der Waals surface area (Å²) in [7, 11) is -3.75. The van der Waals surface area contributed by atoms with E-state index in [0.717, 1.165) is 38.0 Å². The fraction of sp³-hybridized carbons (Fsp3) is 0.400. The molecule has 0 amide bonds. The molecule has 1 atom stereocenters. The predicted octanol–water partition coefficient (Wildman–Crippen LogP) is 2.39. The van der Waals surface area contributed by atoms with Crippen molar-refractivity contribution >= 4 is 15.7 Å². The van der Waals surface area contributed by atoms with Crippen molar-refractivity contribution in [2.45, 2.75) is 36.8 Å². The van der Waals surface area contributed by atoms with Gasteiger partial charge in [-0.25, -0.2) is 12.8 Å². The SMILES string of the molecule is O=S(=O)(Nc1cnn(CC2CCCCO2)c1)c1ccc(F)cc1. The maximum atomic E-state index is 12.9. The summed E-state index contributed by atoms with van der Waals surface area (Å²) in [6, 6.07) is 4.66. The Morgan fingerprint density at radius 1 is 1.30 bits per heavy atom. The van der Waals surface area contributed by atoms with Crippen molar-refractivity contribution in [3.8, 4) is 0 Å². The van der Waals surface area contributed by atoms with Crippen LogP contribution in [0.2, 0.25) is 0 Å². The zero-order chi connectivity index (χ0) is 16.3. The number of benzene rings is 1. The van der Waals surface area contributed by atoms with Crippen molar-refractivity contribution in [3.63, 3.8) is 0 Å². The Balaban J connectivity index is 1.67. The molecular weight excluding hydrogens is 321 g/mol. The van der Waals surface area contributed by atoms with Gasteiger partial charge in [-0.1, -0.05) is 0 Å². The number of hydrogen-bond donors (Lipinski definition) is 1. The third-order valence-electron chi connectivity index (χ3n) is 3.67. The van der Waals surface area contributed by atoms with Gasteiger partial charge in [0.1, 0.15) is 5.82 Å². The van der Waals surface area contributed by atoms with Crippen LogP contribution in [-0.2, 0) is 21.3 Å². The van der Waals surface area contributed by atoms with Crippen LogP contribution in [0.1, 0.15) is 19.3 Å². The highest BCUT2D eigenvalue weighted by atomic mass is 32.2. The molecule has 1 N–H and O–H groups in total. The Hall–Kier alpha value is -1.93. The lowest BCUT2D eigenvalue weighted by Gasteiger charge is -2.22. The first kappa shape index (κ1) is 15.9. The predicted molar refractivity (Wildman–Crippen MR) is 83.0 cm³/mol. The lowest BCUT2D eigenvalue weighted by Crippen LogP contribution is -2.24. The summed E-state index contributed by atoms with van der Waals surface area (Å²) in [4.78, 5) is 0.00210. The van der Waals surface area contributed by atoms with Gasteiger partial charge in [-0.05, 0) is 43.5 Å². The van der Waals surface area contributed by atoms with Gasteiger partial charge >= 0.3 is 0 Å². The lowest BCUT2D eigenvalue weighted by atomic mass is 10.1. The van der Waals surface area contributed by atoms with Crippen molar-refractivity contribution in [1.29, 1.82) is 0 Å². The second-order valence-corrected chi connectivity index (χ2v) is 7.18. The van der Waals surface area contributed by atoms with Crippen molar-refractivity contribution < 1.29 is 17.5 Å². The zero-order valence-electron chi connectivity index (χ0n) is 12.5. The first-order chi connectivity index (χ1) is 11.0. The molecule has 0 bridgehead atoms. The van der Waals surface area contributed by atoms with E-state index in [-0.39, 0.29) is 11.0 Å². The van der Waals surface area contributed by atoms with E-state index < -0.39 is 15.8 Å². The van der Waals surface area contributed by atoms with Gasteiger partial charge in [0.15, 0.2) is 0 Å². The van der Waals surface area contributed by atoms with Crippen LogP contribution in [0, 0.1) is 5.82 Å². The van der Waals surface area contributed by atoms with E-state index in [1.807, 2.05) is 0 Å². The molecule has 6 nitrogen and oxygen atoms in total. The third kappa shape index (κ3) is 4.08. The zero-order valence-corrected chi connectivity index (χ0v) is 13.3. The first-order valence-electron chi connectivity index (χ1n) is 7.45. The van der Waals surface area contributed by atoms with Crippen molar-refractivity contribution in [2.75, 3.05) is 11.3 Å². The van der Waals surface area contributed by atoms with Crippen LogP contribution >= 0.6 is 0 Å². The molecule has 1 aliphatic heterocycles. The Kier molecular flexibility index (Phi) is 4.63. The lowest BCUT2D eigenvalue weighted by molar-refractivity contribution is 0.00401. The summed E-state index contributed by atoms with van der Waals surface area (Å²) in [5.74, 6) is -0.482. The van der Waals surface area contributed by atoms with Gasteiger partial charge in [0, 0.05) is 12.8 Å². The fourth-order valence-corrected chi connectivity index (χ4v) is 3.53. The first-order valence-corrected chi connectivity index (χ1v) is 8.94. The van der Waals surface area contributed by atoms with Crippen molar-refractivity contribution in [1.82, 2.24) is 9.78 Å². The molecule has 2 heterocycles. The van der Waals surface area contributed by atoms with Gasteiger partial charge in [0.05, 0.1) is 29.4 Å². The molecule has 1 aromatic heterocycles. The molecule has 0 spiro atoms. The summed E-state index contributed by atoms with van der Waals surface area (Å²) in [5, 5.41) is 4.15. The number of hydrogen-bond acceptors (Lipinski definition) is 4. The molecule has 1 aliphatic rings. The van der Waals surface area contributed by atoms with Gasteiger partial charge in [-0.15, -0.1) is 0 Å². The molecule has 8 heteroatoms. The highest BCUT2D eigenvalue weighted by Gasteiger charge is 2.17. The standard InChI is InChI=1S/C15H18FN3O3S/c16-12-4-6-15(7-5-12)23(20,21)18-13-9-17-19(10-13)11-14-3-1-2-8-22-14/h4-7,9-10,14,18H,1-3,8,11H2. The molecule has 124 valence electrons. The normalized spacial score (nSPS) is 18.7. The summed E-state index contributed by atoms with van der Waals surface area (Å²) >= 11 is 0. The van der Waals surface area contributed by atoms with E-state index in [2.05, 4.69) is 9.82 Å². The minimum absolute atomic E-state index is 0.00210. The van der Waals surface area contributed by atoms with Gasteiger partial charge in [0.25, 0.3) is 10.0 Å². The topological polar surface area (TPSA) is 73.2 Å². The molecular formula is C15H18FN3O3S. The number of halogens is 1. The van der Waals surface area contributed by atoms with Crippen LogP contribution in [0.3, 0.4) is 0 Å². The number of sulfonamides is 1. The average molecular weight is 339 g/mol. The van der Waals surface area contributed by atoms with E-state index in [1.165, 1.54) is 18.3 Å². The maximum Gasteiger partial charge on any atom is 0.261 e. The smallest absolute Gasteiger partial charge is 0.261 e. The van der Waals surface area contributed by atoms with Crippen LogP contribution in [-0.4, -0.2) is 30.9 Å². The minimum Gasteiger partial charge on any atom is -0.376 e. The van der Waals surface area contributed by atoms with Crippen molar-refractivity contribution in [3.05, 3.63) is 42.5 Å². The van der Waals surface area contributed by atoms with E-state index >= 15 is 0 Å². The average Bonchev–Trinajstić information content (AvgIpc) is 2.95. The molecule has 1 unspecified atom stereocenters. The second kappa shape index (κ2) is 6.67. The van der Waals surface area contributed by atoms with E-state index in [0.29, 0.717) is 12.2 Å². The van der Waals surface area contributed by atoms with Crippen LogP contribution < -0.4 is 4.72 Å². The van der Waals surface area contributed by atoms with E-state index in [9.17, 15) is 12.8 Å². The number of ether oxygens (including phenoxy) is 1. The largest absolute Gasteiger partial charge is 0.376 e. The van der Waals surface area contributed by atoms with Crippen LogP contribution in [0.15, 0.2) is 41.6 Å². The molecule has 23 heavy (non-hydrogen) atoms. The Labute approximate surface area is 134 Å². The number of aromatic nitrogens is 2. The molecule has 3 rings (SSSR count). The molecule has 1 fully saturated rings. The van der Waals surface area contributed by atoms with E-state index in [1.54, 1.807) is 10.9 Å². The Morgan fingerprint density at radius 3 is 2.78 bits per heavy atom. The molecule has 1 saturated heterocycles. The van der Waals surface area contributed by atoms with E-state index in [4.69, 9.17) is 4.74 Å². The van der Waals surface area contributed by atoms with Crippen LogP contribution in [0.25, 0.3) is 0 Å². The summed E-state index contributed by atoms with van der Waals surface area (Å²) in [6.07, 6.45) is 6.39. The van der Waals surface area contributed by atoms with Crippen LogP contribution in [0.5, 0.6) is 0 Å². The number of rotatable bonds is 5. The summed E-state index contributed by atoms with van der Waals surface area (Å²) in [6.45, 7) is 1.36. The molecule has 0 radical (unpaired) electrons. The molecule has 0 aliphatic carbocycles.